The maximum absolute atomic E-state index is 11.8. The van der Waals surface area contributed by atoms with E-state index in [4.69, 9.17) is 10.8 Å². The molecule has 0 aliphatic carbocycles. The lowest BCUT2D eigenvalue weighted by atomic mass is 10.4. The molecule has 0 fully saturated rings. The van der Waals surface area contributed by atoms with E-state index in [1.54, 1.807) is 0 Å². The topological polar surface area (TPSA) is 158 Å². The minimum absolute atomic E-state index is 0.0842. The van der Waals surface area contributed by atoms with Crippen LogP contribution in [0.3, 0.4) is 0 Å². The number of primary amides is 1. The number of nitrogens with one attached hydrogen (secondary N) is 1. The van der Waals surface area contributed by atoms with Crippen LogP contribution in [0.15, 0.2) is 11.1 Å². The first kappa shape index (κ1) is 11.5. The Morgan fingerprint density at radius 3 is 2.83 bits per heavy atom. The summed E-state index contributed by atoms with van der Waals surface area (Å²) in [6, 6.07) is 0. The lowest BCUT2D eigenvalue weighted by molar-refractivity contribution is 0.0997. The number of amides is 2. The summed E-state index contributed by atoms with van der Waals surface area (Å²) in [5.74, 6) is -0.840. The SMILES string of the molecule is NC(=O)c1ncn2c(=O)n(CNC(=O)O)nnc12. The summed E-state index contributed by atoms with van der Waals surface area (Å²) >= 11 is 0. The van der Waals surface area contributed by atoms with Crippen molar-refractivity contribution in [2.24, 2.45) is 5.73 Å². The van der Waals surface area contributed by atoms with E-state index in [0.29, 0.717) is 0 Å². The van der Waals surface area contributed by atoms with Gasteiger partial charge in [0.05, 0.1) is 0 Å². The molecule has 94 valence electrons. The quantitative estimate of drug-likeness (QED) is 0.550. The van der Waals surface area contributed by atoms with E-state index in [-0.39, 0.29) is 18.0 Å². The second kappa shape index (κ2) is 4.12. The second-order valence-electron chi connectivity index (χ2n) is 3.16. The summed E-state index contributed by atoms with van der Waals surface area (Å²) in [7, 11) is 0. The Morgan fingerprint density at radius 2 is 2.22 bits per heavy atom. The zero-order valence-corrected chi connectivity index (χ0v) is 8.77. The minimum atomic E-state index is -1.31. The molecule has 0 spiro atoms. The Labute approximate surface area is 97.8 Å². The molecule has 4 N–H and O–H groups in total. The van der Waals surface area contributed by atoms with Gasteiger partial charge in [-0.25, -0.2) is 19.0 Å². The Morgan fingerprint density at radius 1 is 1.50 bits per heavy atom. The van der Waals surface area contributed by atoms with E-state index >= 15 is 0 Å². The van der Waals surface area contributed by atoms with Crippen LogP contribution in [0.4, 0.5) is 4.79 Å². The molecule has 0 bridgehead atoms. The van der Waals surface area contributed by atoms with Gasteiger partial charge < -0.3 is 16.2 Å². The highest BCUT2D eigenvalue weighted by Gasteiger charge is 2.15. The van der Waals surface area contributed by atoms with Gasteiger partial charge >= 0.3 is 11.8 Å². The van der Waals surface area contributed by atoms with Gasteiger partial charge in [-0.05, 0) is 0 Å². The molecule has 2 amide bonds. The van der Waals surface area contributed by atoms with Gasteiger partial charge in [0.2, 0.25) is 0 Å². The molecule has 0 unspecified atom stereocenters. The largest absolute Gasteiger partial charge is 0.465 e. The number of nitrogens with zero attached hydrogens (tertiary/aromatic N) is 5. The van der Waals surface area contributed by atoms with Crippen LogP contribution in [0, 0.1) is 0 Å². The fourth-order valence-electron chi connectivity index (χ4n) is 1.25. The lowest BCUT2D eigenvalue weighted by Crippen LogP contribution is -2.36. The van der Waals surface area contributed by atoms with Gasteiger partial charge in [0.25, 0.3) is 5.91 Å². The van der Waals surface area contributed by atoms with E-state index in [1.165, 1.54) is 0 Å². The number of carbonyl (C=O) groups is 2. The Kier molecular flexibility index (Phi) is 2.63. The maximum atomic E-state index is 11.8. The molecule has 11 nitrogen and oxygen atoms in total. The maximum Gasteiger partial charge on any atom is 0.406 e. The van der Waals surface area contributed by atoms with Crippen molar-refractivity contribution in [2.45, 2.75) is 6.67 Å². The van der Waals surface area contributed by atoms with Gasteiger partial charge in [0.15, 0.2) is 11.3 Å². The van der Waals surface area contributed by atoms with Gasteiger partial charge in [-0.2, -0.15) is 4.68 Å². The van der Waals surface area contributed by atoms with Crippen molar-refractivity contribution in [1.29, 1.82) is 0 Å². The number of nitrogens with two attached hydrogens (primary N) is 1. The van der Waals surface area contributed by atoms with E-state index in [9.17, 15) is 14.4 Å². The van der Waals surface area contributed by atoms with Crippen molar-refractivity contribution >= 4 is 17.6 Å². The van der Waals surface area contributed by atoms with Crippen LogP contribution in [0.1, 0.15) is 10.5 Å². The molecule has 0 aromatic carbocycles. The van der Waals surface area contributed by atoms with Crippen molar-refractivity contribution in [3.63, 3.8) is 0 Å². The zero-order valence-electron chi connectivity index (χ0n) is 8.77. The molecular formula is C7H7N7O4. The van der Waals surface area contributed by atoms with E-state index in [2.05, 4.69) is 15.3 Å². The molecule has 0 aliphatic heterocycles. The molecule has 2 aromatic rings. The molecule has 0 radical (unpaired) electrons. The van der Waals surface area contributed by atoms with Gasteiger partial charge in [0, 0.05) is 0 Å². The number of hydrogen-bond donors (Lipinski definition) is 3. The highest BCUT2D eigenvalue weighted by atomic mass is 16.4. The number of hydrogen-bond acceptors (Lipinski definition) is 6. The lowest BCUT2D eigenvalue weighted by Gasteiger charge is -2.02. The fourth-order valence-corrected chi connectivity index (χ4v) is 1.25. The highest BCUT2D eigenvalue weighted by molar-refractivity contribution is 5.96. The standard InChI is InChI=1S/C7H7N7O4/c8-4(15)3-5-11-12-14(2-10-6(16)17)7(18)13(5)1-9-3/h1,10H,2H2,(H2,8,15)(H,16,17). The molecule has 0 atom stereocenters. The van der Waals surface area contributed by atoms with Crippen molar-refractivity contribution in [1.82, 2.24) is 29.7 Å². The normalized spacial score (nSPS) is 10.4. The predicted molar refractivity (Wildman–Crippen MR) is 54.7 cm³/mol. The van der Waals surface area contributed by atoms with E-state index in [1.807, 2.05) is 5.32 Å². The number of carbonyl (C=O) groups excluding carboxylic acids is 1. The number of imidazole rings is 1. The first-order valence-corrected chi connectivity index (χ1v) is 4.58. The van der Waals surface area contributed by atoms with Gasteiger partial charge in [-0.15, -0.1) is 5.10 Å². The van der Waals surface area contributed by atoms with Crippen LogP contribution in [0.2, 0.25) is 0 Å². The highest BCUT2D eigenvalue weighted by Crippen LogP contribution is 2.00. The van der Waals surface area contributed by atoms with Gasteiger partial charge in [-0.3, -0.25) is 4.79 Å². The van der Waals surface area contributed by atoms with Gasteiger partial charge in [-0.1, -0.05) is 5.21 Å². The first-order chi connectivity index (χ1) is 8.50. The summed E-state index contributed by atoms with van der Waals surface area (Å²) in [5, 5.41) is 17.4. The third kappa shape index (κ3) is 1.83. The molecule has 2 heterocycles. The average molecular weight is 253 g/mol. The van der Waals surface area contributed by atoms with Crippen LogP contribution in [0.5, 0.6) is 0 Å². The summed E-state index contributed by atoms with van der Waals surface area (Å²) < 4.78 is 1.70. The Balaban J connectivity index is 2.49. The molecule has 2 aromatic heterocycles. The average Bonchev–Trinajstić information content (AvgIpc) is 2.72. The van der Waals surface area contributed by atoms with Crippen LogP contribution in [-0.4, -0.2) is 41.5 Å². The summed E-state index contributed by atoms with van der Waals surface area (Å²) in [4.78, 5) is 36.7. The summed E-state index contributed by atoms with van der Waals surface area (Å²) in [6.45, 7) is -0.374. The Hall–Kier alpha value is -2.98. The monoisotopic (exact) mass is 253 g/mol. The molecule has 0 saturated carbocycles. The van der Waals surface area contributed by atoms with E-state index < -0.39 is 17.7 Å². The number of carboxylic acid groups (broad SMARTS) is 1. The molecule has 0 aliphatic rings. The molecule has 11 heteroatoms. The number of aromatic nitrogens is 5. The van der Waals surface area contributed by atoms with Crippen molar-refractivity contribution in [2.75, 3.05) is 0 Å². The smallest absolute Gasteiger partial charge is 0.406 e. The van der Waals surface area contributed by atoms with Gasteiger partial charge in [0.1, 0.15) is 13.0 Å². The molecule has 2 rings (SSSR count). The fraction of sp³-hybridized carbons (Fsp3) is 0.143. The predicted octanol–water partition coefficient (Wildman–Crippen LogP) is -2.39. The number of fused-ring (bicyclic) bond motifs is 1. The third-order valence-corrected chi connectivity index (χ3v) is 2.03. The third-order valence-electron chi connectivity index (χ3n) is 2.03. The molecule has 0 saturated heterocycles. The molecule has 18 heavy (non-hydrogen) atoms. The summed E-state index contributed by atoms with van der Waals surface area (Å²) in [5.41, 5.74) is 4.06. The molecular weight excluding hydrogens is 246 g/mol. The van der Waals surface area contributed by atoms with Crippen LogP contribution in [-0.2, 0) is 6.67 Å². The minimum Gasteiger partial charge on any atom is -0.465 e. The van der Waals surface area contributed by atoms with Crippen LogP contribution >= 0.6 is 0 Å². The van der Waals surface area contributed by atoms with Crippen LogP contribution in [0.25, 0.3) is 5.65 Å². The van der Waals surface area contributed by atoms with Crippen molar-refractivity contribution in [3.8, 4) is 0 Å². The zero-order chi connectivity index (χ0) is 13.3. The van der Waals surface area contributed by atoms with Crippen LogP contribution < -0.4 is 16.7 Å². The van der Waals surface area contributed by atoms with Crippen molar-refractivity contribution in [3.05, 3.63) is 22.5 Å². The number of rotatable bonds is 3. The second-order valence-corrected chi connectivity index (χ2v) is 3.16. The first-order valence-electron chi connectivity index (χ1n) is 4.58. The Bertz CT molecular complexity index is 687. The summed E-state index contributed by atoms with van der Waals surface area (Å²) in [6.07, 6.45) is -0.253. The van der Waals surface area contributed by atoms with Crippen molar-refractivity contribution < 1.29 is 14.7 Å². The van der Waals surface area contributed by atoms with E-state index in [0.717, 1.165) is 15.4 Å².